The molecule has 0 saturated carbocycles. The molecule has 0 radical (unpaired) electrons. The maximum atomic E-state index is 11.8. The molecule has 2 aromatic heterocycles. The second-order valence-electron chi connectivity index (χ2n) is 7.27. The lowest BCUT2D eigenvalue weighted by Gasteiger charge is -2.30. The van der Waals surface area contributed by atoms with Gasteiger partial charge in [0.15, 0.2) is 5.82 Å². The first-order chi connectivity index (χ1) is 13.0. The molecule has 1 aliphatic heterocycles. The molecule has 0 spiro atoms. The van der Waals surface area contributed by atoms with Gasteiger partial charge in [-0.3, -0.25) is 9.78 Å². The molecule has 144 valence electrons. The summed E-state index contributed by atoms with van der Waals surface area (Å²) in [6, 6.07) is 4.14. The van der Waals surface area contributed by atoms with E-state index in [4.69, 9.17) is 9.97 Å². The highest BCUT2D eigenvalue weighted by atomic mass is 16.2. The van der Waals surface area contributed by atoms with E-state index in [1.165, 1.54) is 0 Å². The van der Waals surface area contributed by atoms with Gasteiger partial charge in [0.2, 0.25) is 5.91 Å². The molecule has 0 saturated heterocycles. The summed E-state index contributed by atoms with van der Waals surface area (Å²) in [6.07, 6.45) is 5.28. The van der Waals surface area contributed by atoms with Gasteiger partial charge in [-0.05, 0) is 39.1 Å². The van der Waals surface area contributed by atoms with Crippen molar-refractivity contribution in [2.45, 2.75) is 39.3 Å². The molecule has 1 amide bonds. The van der Waals surface area contributed by atoms with E-state index in [0.29, 0.717) is 25.0 Å². The molecule has 0 bridgehead atoms. The highest BCUT2D eigenvalue weighted by Crippen LogP contribution is 2.27. The molecule has 0 aromatic carbocycles. The van der Waals surface area contributed by atoms with E-state index >= 15 is 0 Å². The second-order valence-corrected chi connectivity index (χ2v) is 7.27. The van der Waals surface area contributed by atoms with E-state index in [1.54, 1.807) is 19.3 Å². The molecule has 0 fully saturated rings. The van der Waals surface area contributed by atoms with Crippen molar-refractivity contribution in [3.63, 3.8) is 0 Å². The molecule has 0 aliphatic carbocycles. The van der Waals surface area contributed by atoms with Crippen LogP contribution in [0.15, 0.2) is 24.5 Å². The molecule has 1 N–H and O–H groups in total. The Morgan fingerprint density at radius 3 is 2.81 bits per heavy atom. The number of nitrogens with zero attached hydrogens (tertiary/aromatic N) is 5. The van der Waals surface area contributed by atoms with Gasteiger partial charge in [0, 0.05) is 49.6 Å². The highest BCUT2D eigenvalue weighted by Gasteiger charge is 2.25. The topological polar surface area (TPSA) is 74.2 Å². The fourth-order valence-corrected chi connectivity index (χ4v) is 3.35. The molecule has 27 heavy (non-hydrogen) atoms. The Kier molecular flexibility index (Phi) is 6.01. The van der Waals surface area contributed by atoms with Crippen LogP contribution in [0.2, 0.25) is 0 Å². The van der Waals surface area contributed by atoms with Gasteiger partial charge < -0.3 is 15.1 Å². The zero-order valence-corrected chi connectivity index (χ0v) is 16.6. The molecule has 0 unspecified atom stereocenters. The molecule has 2 aromatic rings. The number of carbonyl (C=O) groups excluding carboxylic acids is 1. The van der Waals surface area contributed by atoms with Gasteiger partial charge in [-0.2, -0.15) is 0 Å². The third kappa shape index (κ3) is 4.60. The summed E-state index contributed by atoms with van der Waals surface area (Å²) in [4.78, 5) is 29.7. The van der Waals surface area contributed by atoms with Crippen LogP contribution in [0.3, 0.4) is 0 Å². The number of carbonyl (C=O) groups is 1. The minimum absolute atomic E-state index is 0.0794. The van der Waals surface area contributed by atoms with Crippen LogP contribution in [0.5, 0.6) is 0 Å². The summed E-state index contributed by atoms with van der Waals surface area (Å²) in [5, 5.41) is 3.63. The number of fused-ring (bicyclic) bond motifs is 1. The third-order valence-corrected chi connectivity index (χ3v) is 4.85. The van der Waals surface area contributed by atoms with Crippen LogP contribution in [-0.2, 0) is 17.8 Å². The largest absolute Gasteiger partial charge is 0.366 e. The van der Waals surface area contributed by atoms with Crippen LogP contribution >= 0.6 is 0 Å². The average molecular weight is 368 g/mol. The Labute approximate surface area is 160 Å². The molecule has 1 aliphatic rings. The number of rotatable bonds is 6. The summed E-state index contributed by atoms with van der Waals surface area (Å²) < 4.78 is 0. The van der Waals surface area contributed by atoms with Crippen LogP contribution < -0.4 is 5.32 Å². The lowest BCUT2D eigenvalue weighted by molar-refractivity contribution is -0.129. The van der Waals surface area contributed by atoms with Crippen LogP contribution in [0.25, 0.3) is 11.4 Å². The number of amides is 1. The van der Waals surface area contributed by atoms with Gasteiger partial charge in [-0.15, -0.1) is 0 Å². The zero-order chi connectivity index (χ0) is 19.4. The van der Waals surface area contributed by atoms with Gasteiger partial charge in [0.05, 0.1) is 12.2 Å². The van der Waals surface area contributed by atoms with E-state index < -0.39 is 0 Å². The van der Waals surface area contributed by atoms with Crippen molar-refractivity contribution in [3.05, 3.63) is 35.8 Å². The van der Waals surface area contributed by atoms with E-state index in [1.807, 2.05) is 17.0 Å². The first-order valence-corrected chi connectivity index (χ1v) is 9.45. The van der Waals surface area contributed by atoms with E-state index in [2.05, 4.69) is 36.2 Å². The fraction of sp³-hybridized carbons (Fsp3) is 0.500. The maximum Gasteiger partial charge on any atom is 0.219 e. The van der Waals surface area contributed by atoms with Gasteiger partial charge >= 0.3 is 0 Å². The average Bonchev–Trinajstić information content (AvgIpc) is 2.67. The Balaban J connectivity index is 2.00. The van der Waals surface area contributed by atoms with Crippen LogP contribution in [0.1, 0.15) is 31.5 Å². The molecule has 3 heterocycles. The zero-order valence-electron chi connectivity index (χ0n) is 16.6. The van der Waals surface area contributed by atoms with Gasteiger partial charge in [0.1, 0.15) is 5.82 Å². The molecule has 1 atom stereocenters. The number of anilines is 1. The fourth-order valence-electron chi connectivity index (χ4n) is 3.35. The summed E-state index contributed by atoms with van der Waals surface area (Å²) >= 11 is 0. The Morgan fingerprint density at radius 1 is 1.37 bits per heavy atom. The third-order valence-electron chi connectivity index (χ3n) is 4.85. The number of aromatic nitrogens is 3. The smallest absolute Gasteiger partial charge is 0.219 e. The maximum absolute atomic E-state index is 11.8. The first-order valence-electron chi connectivity index (χ1n) is 9.45. The van der Waals surface area contributed by atoms with Crippen LogP contribution in [-0.4, -0.2) is 63.9 Å². The second kappa shape index (κ2) is 8.43. The van der Waals surface area contributed by atoms with Crippen molar-refractivity contribution in [2.75, 3.05) is 32.5 Å². The standard InChI is InChI=1S/C20H28N6O/c1-5-16(12-25(3)4)22-20-17-8-10-26(14(2)27)13-18(17)23-19(24-20)15-7-6-9-21-11-15/h6-7,9,11,16H,5,8,10,12-13H2,1-4H3,(H,22,23,24)/t16-/m0/s1. The summed E-state index contributed by atoms with van der Waals surface area (Å²) in [5.74, 6) is 1.61. The Bertz CT molecular complexity index is 793. The number of likely N-dealkylation sites (N-methyl/N-ethyl adjacent to an activating group) is 1. The van der Waals surface area contributed by atoms with Crippen molar-refractivity contribution < 1.29 is 4.79 Å². The molecule has 7 heteroatoms. The van der Waals surface area contributed by atoms with Gasteiger partial charge in [-0.25, -0.2) is 9.97 Å². The molecule has 3 rings (SSSR count). The van der Waals surface area contributed by atoms with E-state index in [9.17, 15) is 4.79 Å². The summed E-state index contributed by atoms with van der Waals surface area (Å²) in [6.45, 7) is 5.94. The summed E-state index contributed by atoms with van der Waals surface area (Å²) in [7, 11) is 4.15. The van der Waals surface area contributed by atoms with Crippen LogP contribution in [0.4, 0.5) is 5.82 Å². The monoisotopic (exact) mass is 368 g/mol. The Hall–Kier alpha value is -2.54. The lowest BCUT2D eigenvalue weighted by atomic mass is 10.0. The number of pyridine rings is 1. The minimum Gasteiger partial charge on any atom is -0.366 e. The van der Waals surface area contributed by atoms with Crippen molar-refractivity contribution in [1.29, 1.82) is 0 Å². The number of nitrogens with one attached hydrogen (secondary N) is 1. The predicted molar refractivity (Wildman–Crippen MR) is 106 cm³/mol. The lowest BCUT2D eigenvalue weighted by Crippen LogP contribution is -2.37. The van der Waals surface area contributed by atoms with E-state index in [0.717, 1.165) is 42.0 Å². The van der Waals surface area contributed by atoms with Gasteiger partial charge in [-0.1, -0.05) is 6.92 Å². The van der Waals surface area contributed by atoms with Crippen molar-refractivity contribution in [3.8, 4) is 11.4 Å². The molecular formula is C20H28N6O. The normalized spacial score (nSPS) is 14.8. The minimum atomic E-state index is 0.0794. The SMILES string of the molecule is CC[C@@H](CN(C)C)Nc1nc(-c2cccnc2)nc2c1CCN(C(C)=O)C2. The first kappa shape index (κ1) is 19.2. The highest BCUT2D eigenvalue weighted by molar-refractivity contribution is 5.74. The predicted octanol–water partition coefficient (Wildman–Crippen LogP) is 2.20. The van der Waals surface area contributed by atoms with Gasteiger partial charge in [0.25, 0.3) is 0 Å². The quantitative estimate of drug-likeness (QED) is 0.843. The van der Waals surface area contributed by atoms with Crippen LogP contribution in [0, 0.1) is 0 Å². The van der Waals surface area contributed by atoms with Crippen molar-refractivity contribution >= 4 is 11.7 Å². The molecular weight excluding hydrogens is 340 g/mol. The summed E-state index contributed by atoms with van der Waals surface area (Å²) in [5.41, 5.74) is 2.92. The molecule has 7 nitrogen and oxygen atoms in total. The van der Waals surface area contributed by atoms with E-state index in [-0.39, 0.29) is 5.91 Å². The van der Waals surface area contributed by atoms with Crippen molar-refractivity contribution in [1.82, 2.24) is 24.8 Å². The number of hydrogen-bond acceptors (Lipinski definition) is 6. The van der Waals surface area contributed by atoms with Crippen molar-refractivity contribution in [2.24, 2.45) is 0 Å². The Morgan fingerprint density at radius 2 is 2.19 bits per heavy atom. The number of hydrogen-bond donors (Lipinski definition) is 1.